The predicted molar refractivity (Wildman–Crippen MR) is 93.9 cm³/mol. The van der Waals surface area contributed by atoms with Gasteiger partial charge in [0.25, 0.3) is 0 Å². The zero-order valence-corrected chi connectivity index (χ0v) is 15.0. The second-order valence-corrected chi connectivity index (χ2v) is 6.67. The Balaban J connectivity index is 1.47. The Labute approximate surface area is 148 Å². The Hall–Kier alpha value is -1.99. The van der Waals surface area contributed by atoms with E-state index >= 15 is 0 Å². The van der Waals surface area contributed by atoms with Crippen molar-refractivity contribution in [2.24, 2.45) is 0 Å². The van der Waals surface area contributed by atoms with E-state index in [0.717, 1.165) is 49.8 Å². The molecule has 0 aromatic heterocycles. The van der Waals surface area contributed by atoms with Crippen LogP contribution in [0.2, 0.25) is 0 Å². The number of ether oxygens (including phenoxy) is 3. The fourth-order valence-electron chi connectivity index (χ4n) is 3.13. The summed E-state index contributed by atoms with van der Waals surface area (Å²) in [6.07, 6.45) is 0.968. The predicted octanol–water partition coefficient (Wildman–Crippen LogP) is 1.72. The molecule has 1 saturated heterocycles. The number of nitrogens with zero attached hydrogens (tertiary/aromatic N) is 1. The fourth-order valence-corrected chi connectivity index (χ4v) is 3.13. The highest BCUT2D eigenvalue weighted by atomic mass is 16.7. The van der Waals surface area contributed by atoms with Crippen LogP contribution in [0, 0.1) is 0 Å². The summed E-state index contributed by atoms with van der Waals surface area (Å²) < 4.78 is 16.1. The van der Waals surface area contributed by atoms with Gasteiger partial charge in [-0.25, -0.2) is 4.79 Å². The van der Waals surface area contributed by atoms with Crippen LogP contribution in [-0.4, -0.2) is 56.1 Å². The minimum Gasteiger partial charge on any atom is -0.454 e. The third kappa shape index (κ3) is 4.35. The number of fused-ring (bicyclic) bond motifs is 1. The molecule has 0 spiro atoms. The highest BCUT2D eigenvalue weighted by molar-refractivity contribution is 5.74. The van der Waals surface area contributed by atoms with E-state index in [2.05, 4.69) is 29.4 Å². The third-order valence-corrected chi connectivity index (χ3v) is 5.06. The molecule has 0 bridgehead atoms. The van der Waals surface area contributed by atoms with Gasteiger partial charge in [0.1, 0.15) is 0 Å². The summed E-state index contributed by atoms with van der Waals surface area (Å²) in [5, 5.41) is 5.91. The number of rotatable bonds is 6. The Morgan fingerprint density at radius 2 is 1.96 bits per heavy atom. The number of carbonyl (C=O) groups is 1. The molecular weight excluding hydrogens is 322 g/mol. The Bertz CT molecular complexity index is 604. The molecule has 2 aliphatic heterocycles. The summed E-state index contributed by atoms with van der Waals surface area (Å²) in [6.45, 7) is 8.98. The lowest BCUT2D eigenvalue weighted by molar-refractivity contribution is -0.0165. The van der Waals surface area contributed by atoms with Crippen LogP contribution in [0.5, 0.6) is 11.5 Å². The van der Waals surface area contributed by atoms with Crippen molar-refractivity contribution in [3.8, 4) is 11.5 Å². The molecule has 25 heavy (non-hydrogen) atoms. The fraction of sp³-hybridized carbons (Fsp3) is 0.611. The van der Waals surface area contributed by atoms with E-state index in [1.54, 1.807) is 0 Å². The Kier molecular flexibility index (Phi) is 5.65. The van der Waals surface area contributed by atoms with Crippen molar-refractivity contribution in [1.82, 2.24) is 15.5 Å². The molecule has 1 atom stereocenters. The van der Waals surface area contributed by atoms with Gasteiger partial charge in [-0.15, -0.1) is 0 Å². The summed E-state index contributed by atoms with van der Waals surface area (Å²) in [6, 6.07) is 5.53. The van der Waals surface area contributed by atoms with E-state index in [9.17, 15) is 4.79 Å². The number of hydrogen-bond donors (Lipinski definition) is 2. The lowest BCUT2D eigenvalue weighted by Gasteiger charge is -2.43. The van der Waals surface area contributed by atoms with Crippen molar-refractivity contribution < 1.29 is 19.0 Å². The quantitative estimate of drug-likeness (QED) is 0.818. The summed E-state index contributed by atoms with van der Waals surface area (Å²) >= 11 is 0. The van der Waals surface area contributed by atoms with Crippen molar-refractivity contribution in [2.75, 3.05) is 39.6 Å². The van der Waals surface area contributed by atoms with Crippen LogP contribution >= 0.6 is 0 Å². The van der Waals surface area contributed by atoms with Crippen molar-refractivity contribution in [3.63, 3.8) is 0 Å². The molecule has 0 saturated carbocycles. The summed E-state index contributed by atoms with van der Waals surface area (Å²) in [7, 11) is 0. The van der Waals surface area contributed by atoms with Crippen LogP contribution in [0.1, 0.15) is 25.8 Å². The first-order valence-electron chi connectivity index (χ1n) is 8.84. The third-order valence-electron chi connectivity index (χ3n) is 5.06. The van der Waals surface area contributed by atoms with Crippen LogP contribution in [0.3, 0.4) is 0 Å². The van der Waals surface area contributed by atoms with Gasteiger partial charge in [-0.3, -0.25) is 4.90 Å². The second kappa shape index (κ2) is 7.93. The van der Waals surface area contributed by atoms with E-state index in [0.29, 0.717) is 13.1 Å². The number of benzene rings is 1. The number of urea groups is 1. The molecule has 1 aromatic carbocycles. The first-order chi connectivity index (χ1) is 12.1. The Morgan fingerprint density at radius 3 is 2.72 bits per heavy atom. The van der Waals surface area contributed by atoms with Gasteiger partial charge >= 0.3 is 6.03 Å². The van der Waals surface area contributed by atoms with Gasteiger partial charge in [0.05, 0.1) is 13.2 Å². The molecule has 3 rings (SSSR count). The standard InChI is InChI=1S/C18H27N3O4/c1-3-18(2,21-6-8-23-9-7-21)12-20-17(22)19-11-14-4-5-15-16(10-14)25-13-24-15/h4-5,10H,3,6-9,11-13H2,1-2H3,(H2,19,20,22)/t18-/m0/s1. The maximum absolute atomic E-state index is 12.2. The molecule has 0 unspecified atom stereocenters. The summed E-state index contributed by atoms with van der Waals surface area (Å²) in [5.41, 5.74) is 0.922. The van der Waals surface area contributed by atoms with Gasteiger partial charge in [-0.2, -0.15) is 0 Å². The monoisotopic (exact) mass is 349 g/mol. The summed E-state index contributed by atoms with van der Waals surface area (Å²) in [4.78, 5) is 14.6. The van der Waals surface area contributed by atoms with Crippen LogP contribution in [-0.2, 0) is 11.3 Å². The minimum atomic E-state index is -0.161. The smallest absolute Gasteiger partial charge is 0.315 e. The summed E-state index contributed by atoms with van der Waals surface area (Å²) in [5.74, 6) is 1.48. The maximum Gasteiger partial charge on any atom is 0.315 e. The van der Waals surface area contributed by atoms with Crippen LogP contribution in [0.4, 0.5) is 4.79 Å². The van der Waals surface area contributed by atoms with Crippen molar-refractivity contribution in [2.45, 2.75) is 32.4 Å². The molecule has 2 heterocycles. The highest BCUT2D eigenvalue weighted by Crippen LogP contribution is 2.32. The van der Waals surface area contributed by atoms with E-state index in [4.69, 9.17) is 14.2 Å². The maximum atomic E-state index is 12.2. The zero-order valence-electron chi connectivity index (χ0n) is 15.0. The molecule has 1 fully saturated rings. The lowest BCUT2D eigenvalue weighted by atomic mass is 9.95. The molecule has 2 N–H and O–H groups in total. The lowest BCUT2D eigenvalue weighted by Crippen LogP contribution is -2.57. The molecular formula is C18H27N3O4. The number of hydrogen-bond acceptors (Lipinski definition) is 5. The zero-order chi connectivity index (χ0) is 17.7. The topological polar surface area (TPSA) is 72.1 Å². The van der Waals surface area contributed by atoms with Crippen LogP contribution in [0.25, 0.3) is 0 Å². The first-order valence-corrected chi connectivity index (χ1v) is 8.84. The number of amides is 2. The van der Waals surface area contributed by atoms with E-state index < -0.39 is 0 Å². The first kappa shape index (κ1) is 17.8. The van der Waals surface area contributed by atoms with E-state index in [1.807, 2.05) is 18.2 Å². The van der Waals surface area contributed by atoms with Gasteiger partial charge in [-0.05, 0) is 31.0 Å². The molecule has 2 aliphatic rings. The molecule has 7 heteroatoms. The Morgan fingerprint density at radius 1 is 1.20 bits per heavy atom. The van der Waals surface area contributed by atoms with E-state index in [1.165, 1.54) is 0 Å². The molecule has 0 radical (unpaired) electrons. The molecule has 7 nitrogen and oxygen atoms in total. The molecule has 1 aromatic rings. The van der Waals surface area contributed by atoms with Gasteiger partial charge in [0.2, 0.25) is 6.79 Å². The van der Waals surface area contributed by atoms with Crippen molar-refractivity contribution in [1.29, 1.82) is 0 Å². The van der Waals surface area contributed by atoms with Crippen LogP contribution < -0.4 is 20.1 Å². The average molecular weight is 349 g/mol. The second-order valence-electron chi connectivity index (χ2n) is 6.67. The van der Waals surface area contributed by atoms with Gasteiger partial charge in [-0.1, -0.05) is 13.0 Å². The van der Waals surface area contributed by atoms with Gasteiger partial charge in [0, 0.05) is 31.7 Å². The van der Waals surface area contributed by atoms with Gasteiger partial charge < -0.3 is 24.8 Å². The van der Waals surface area contributed by atoms with Crippen LogP contribution in [0.15, 0.2) is 18.2 Å². The normalized spacial score (nSPS) is 19.3. The van der Waals surface area contributed by atoms with Crippen molar-refractivity contribution in [3.05, 3.63) is 23.8 Å². The highest BCUT2D eigenvalue weighted by Gasteiger charge is 2.31. The number of morpholine rings is 1. The average Bonchev–Trinajstić information content (AvgIpc) is 3.13. The molecule has 138 valence electrons. The minimum absolute atomic E-state index is 0.0557. The van der Waals surface area contributed by atoms with Gasteiger partial charge in [0.15, 0.2) is 11.5 Å². The largest absolute Gasteiger partial charge is 0.454 e. The molecule has 0 aliphatic carbocycles. The number of carbonyl (C=O) groups excluding carboxylic acids is 1. The van der Waals surface area contributed by atoms with Crippen molar-refractivity contribution >= 4 is 6.03 Å². The molecule has 2 amide bonds. The SMILES string of the molecule is CC[C@@](C)(CNC(=O)NCc1ccc2c(c1)OCO2)N1CCOCC1. The van der Waals surface area contributed by atoms with E-state index in [-0.39, 0.29) is 18.4 Å². The number of nitrogens with one attached hydrogen (secondary N) is 2.